The van der Waals surface area contributed by atoms with E-state index in [1.54, 1.807) is 12.1 Å². The molecule has 0 bridgehead atoms. The van der Waals surface area contributed by atoms with Gasteiger partial charge < -0.3 is 15.7 Å². The number of hydrogen-bond donors (Lipinski definition) is 2. The van der Waals surface area contributed by atoms with E-state index in [4.69, 9.17) is 15.7 Å². The zero-order valence-corrected chi connectivity index (χ0v) is 12.6. The van der Waals surface area contributed by atoms with E-state index in [2.05, 4.69) is 28.0 Å². The van der Waals surface area contributed by atoms with Crippen molar-refractivity contribution < 1.29 is 9.94 Å². The van der Waals surface area contributed by atoms with Gasteiger partial charge in [-0.05, 0) is 42.3 Å². The van der Waals surface area contributed by atoms with Gasteiger partial charge in [-0.25, -0.2) is 0 Å². The predicted molar refractivity (Wildman–Crippen MR) is 82.5 cm³/mol. The highest BCUT2D eigenvalue weighted by Gasteiger charge is 2.10. The molecule has 0 fully saturated rings. The van der Waals surface area contributed by atoms with E-state index in [1.807, 2.05) is 30.3 Å². The fraction of sp³-hybridized carbons (Fsp3) is 0.133. The molecule has 0 saturated carbocycles. The summed E-state index contributed by atoms with van der Waals surface area (Å²) in [4.78, 5) is 0. The second-order valence-corrected chi connectivity index (χ2v) is 5.14. The predicted octanol–water partition coefficient (Wildman–Crippen LogP) is 3.90. The Morgan fingerprint density at radius 2 is 2.10 bits per heavy atom. The van der Waals surface area contributed by atoms with Gasteiger partial charge in [0.2, 0.25) is 0 Å². The molecule has 5 heteroatoms. The van der Waals surface area contributed by atoms with Crippen LogP contribution < -0.4 is 10.5 Å². The molecule has 0 atom stereocenters. The lowest BCUT2D eigenvalue weighted by Gasteiger charge is -2.11. The normalized spacial score (nSPS) is 11.4. The van der Waals surface area contributed by atoms with Gasteiger partial charge in [0, 0.05) is 4.47 Å². The third kappa shape index (κ3) is 3.30. The highest BCUT2D eigenvalue weighted by Crippen LogP contribution is 2.28. The van der Waals surface area contributed by atoms with Gasteiger partial charge in [0.25, 0.3) is 0 Å². The minimum atomic E-state index is 0.00736. The number of nitrogens with zero attached hydrogens (tertiary/aromatic N) is 1. The Hall–Kier alpha value is -2.01. The zero-order chi connectivity index (χ0) is 14.5. The summed E-state index contributed by atoms with van der Waals surface area (Å²) in [6, 6.07) is 13.2. The molecule has 3 N–H and O–H groups in total. The van der Waals surface area contributed by atoms with Crippen molar-refractivity contribution in [2.24, 2.45) is 10.9 Å². The molecule has 2 aromatic carbocycles. The van der Waals surface area contributed by atoms with Crippen LogP contribution in [0.3, 0.4) is 0 Å². The number of rotatable bonds is 4. The van der Waals surface area contributed by atoms with Crippen LogP contribution in [0.25, 0.3) is 0 Å². The molecule has 4 nitrogen and oxygen atoms in total. The van der Waals surface area contributed by atoms with E-state index in [-0.39, 0.29) is 5.84 Å². The van der Waals surface area contributed by atoms with E-state index in [1.165, 1.54) is 5.56 Å². The maximum atomic E-state index is 8.84. The molecule has 0 spiro atoms. The summed E-state index contributed by atoms with van der Waals surface area (Å²) in [7, 11) is 0. The smallest absolute Gasteiger partial charge is 0.173 e. The lowest BCUT2D eigenvalue weighted by atomic mass is 10.1. The number of benzene rings is 2. The standard InChI is InChI=1S/C15H15BrN2O2/c1-2-10-4-3-5-12(8-10)20-14-7-6-11(16)9-13(14)15(17)18-19/h3-9,19H,2H2,1H3,(H2,17,18). The van der Waals surface area contributed by atoms with Gasteiger partial charge in [-0.1, -0.05) is 40.1 Å². The van der Waals surface area contributed by atoms with Gasteiger partial charge in [-0.15, -0.1) is 0 Å². The second kappa shape index (κ2) is 6.43. The number of aryl methyl sites for hydroxylation is 1. The van der Waals surface area contributed by atoms with Gasteiger partial charge in [0.15, 0.2) is 5.84 Å². The fourth-order valence-corrected chi connectivity index (χ4v) is 2.16. The maximum Gasteiger partial charge on any atom is 0.173 e. The third-order valence-corrected chi connectivity index (χ3v) is 3.35. The van der Waals surface area contributed by atoms with E-state index in [0.717, 1.165) is 16.6 Å². The summed E-state index contributed by atoms with van der Waals surface area (Å²) >= 11 is 3.35. The molecule has 0 heterocycles. The number of ether oxygens (including phenoxy) is 1. The number of nitrogens with two attached hydrogens (primary N) is 1. The summed E-state index contributed by atoms with van der Waals surface area (Å²) in [5, 5.41) is 11.9. The molecule has 104 valence electrons. The van der Waals surface area contributed by atoms with E-state index < -0.39 is 0 Å². The Labute approximate surface area is 126 Å². The number of halogens is 1. The average molecular weight is 335 g/mol. The summed E-state index contributed by atoms with van der Waals surface area (Å²) in [5.74, 6) is 1.27. The first-order valence-corrected chi connectivity index (χ1v) is 6.97. The molecular weight excluding hydrogens is 320 g/mol. The van der Waals surface area contributed by atoms with Gasteiger partial charge >= 0.3 is 0 Å². The minimum Gasteiger partial charge on any atom is -0.457 e. The zero-order valence-electron chi connectivity index (χ0n) is 11.0. The SMILES string of the molecule is CCc1cccc(Oc2ccc(Br)cc2/C(N)=N/O)c1. The summed E-state index contributed by atoms with van der Waals surface area (Å²) in [6.45, 7) is 2.08. The molecule has 0 aliphatic rings. The van der Waals surface area contributed by atoms with Crippen molar-refractivity contribution in [3.05, 3.63) is 58.1 Å². The van der Waals surface area contributed by atoms with Crippen LogP contribution in [-0.2, 0) is 6.42 Å². The summed E-state index contributed by atoms with van der Waals surface area (Å²) in [6.07, 6.45) is 0.935. The maximum absolute atomic E-state index is 8.84. The number of oxime groups is 1. The third-order valence-electron chi connectivity index (χ3n) is 2.86. The molecule has 0 amide bonds. The van der Waals surface area contributed by atoms with Crippen molar-refractivity contribution in [3.8, 4) is 11.5 Å². The van der Waals surface area contributed by atoms with E-state index >= 15 is 0 Å². The molecule has 0 unspecified atom stereocenters. The van der Waals surface area contributed by atoms with Gasteiger partial charge in [0.05, 0.1) is 5.56 Å². The Balaban J connectivity index is 2.37. The Morgan fingerprint density at radius 3 is 2.80 bits per heavy atom. The van der Waals surface area contributed by atoms with Crippen LogP contribution in [-0.4, -0.2) is 11.0 Å². The van der Waals surface area contributed by atoms with Gasteiger partial charge in [0.1, 0.15) is 11.5 Å². The fourth-order valence-electron chi connectivity index (χ4n) is 1.80. The molecule has 0 aromatic heterocycles. The monoisotopic (exact) mass is 334 g/mol. The molecule has 0 saturated heterocycles. The molecule has 0 radical (unpaired) electrons. The van der Waals surface area contributed by atoms with E-state index in [9.17, 15) is 0 Å². The van der Waals surface area contributed by atoms with E-state index in [0.29, 0.717) is 11.3 Å². The van der Waals surface area contributed by atoms with Crippen LogP contribution in [0.5, 0.6) is 11.5 Å². The molecule has 0 aliphatic heterocycles. The van der Waals surface area contributed by atoms with Crippen LogP contribution in [0.4, 0.5) is 0 Å². The summed E-state index contributed by atoms with van der Waals surface area (Å²) < 4.78 is 6.66. The number of amidine groups is 1. The topological polar surface area (TPSA) is 67.8 Å². The van der Waals surface area contributed by atoms with Crippen molar-refractivity contribution in [1.29, 1.82) is 0 Å². The van der Waals surface area contributed by atoms with Gasteiger partial charge in [-0.2, -0.15) is 0 Å². The van der Waals surface area contributed by atoms with Crippen molar-refractivity contribution in [2.45, 2.75) is 13.3 Å². The van der Waals surface area contributed by atoms with Crippen LogP contribution in [0.15, 0.2) is 52.1 Å². The number of hydrogen-bond acceptors (Lipinski definition) is 3. The van der Waals surface area contributed by atoms with Crippen LogP contribution >= 0.6 is 15.9 Å². The van der Waals surface area contributed by atoms with Crippen molar-refractivity contribution in [2.75, 3.05) is 0 Å². The van der Waals surface area contributed by atoms with Gasteiger partial charge in [-0.3, -0.25) is 0 Å². The Morgan fingerprint density at radius 1 is 1.30 bits per heavy atom. The Kier molecular flexibility index (Phi) is 4.63. The quantitative estimate of drug-likeness (QED) is 0.385. The summed E-state index contributed by atoms with van der Waals surface area (Å²) in [5.41, 5.74) is 7.39. The van der Waals surface area contributed by atoms with Crippen molar-refractivity contribution in [3.63, 3.8) is 0 Å². The minimum absolute atomic E-state index is 0.00736. The molecule has 20 heavy (non-hydrogen) atoms. The van der Waals surface area contributed by atoms with Crippen molar-refractivity contribution in [1.82, 2.24) is 0 Å². The lowest BCUT2D eigenvalue weighted by Crippen LogP contribution is -2.14. The molecule has 2 aromatic rings. The first-order valence-electron chi connectivity index (χ1n) is 6.18. The second-order valence-electron chi connectivity index (χ2n) is 4.23. The van der Waals surface area contributed by atoms with Crippen LogP contribution in [0.1, 0.15) is 18.1 Å². The first-order chi connectivity index (χ1) is 9.63. The highest BCUT2D eigenvalue weighted by atomic mass is 79.9. The first kappa shape index (κ1) is 14.4. The van der Waals surface area contributed by atoms with Crippen LogP contribution in [0.2, 0.25) is 0 Å². The lowest BCUT2D eigenvalue weighted by molar-refractivity contribution is 0.318. The average Bonchev–Trinajstić information content (AvgIpc) is 2.48. The molecule has 0 aliphatic carbocycles. The molecule has 2 rings (SSSR count). The largest absolute Gasteiger partial charge is 0.457 e. The Bertz CT molecular complexity index is 642. The van der Waals surface area contributed by atoms with Crippen molar-refractivity contribution >= 4 is 21.8 Å². The van der Waals surface area contributed by atoms with Crippen LogP contribution in [0, 0.1) is 0 Å². The highest BCUT2D eigenvalue weighted by molar-refractivity contribution is 9.10. The molecular formula is C15H15BrN2O2.